The summed E-state index contributed by atoms with van der Waals surface area (Å²) in [5.41, 5.74) is 1.33. The zero-order valence-corrected chi connectivity index (χ0v) is 11.4. The van der Waals surface area contributed by atoms with E-state index in [0.717, 1.165) is 0 Å². The van der Waals surface area contributed by atoms with E-state index in [1.54, 1.807) is 18.2 Å². The molecule has 1 aromatic heterocycles. The van der Waals surface area contributed by atoms with Gasteiger partial charge in [-0.3, -0.25) is 0 Å². The number of nitroso groups, excluding NO2 is 1. The van der Waals surface area contributed by atoms with Gasteiger partial charge in [0, 0.05) is 10.9 Å². The highest BCUT2D eigenvalue weighted by Gasteiger charge is 2.23. The van der Waals surface area contributed by atoms with Crippen molar-refractivity contribution in [1.29, 1.82) is 0 Å². The lowest BCUT2D eigenvalue weighted by atomic mass is 10.1. The highest BCUT2D eigenvalue weighted by molar-refractivity contribution is 6.30. The van der Waals surface area contributed by atoms with Crippen molar-refractivity contribution in [3.63, 3.8) is 0 Å². The molecule has 20 heavy (non-hydrogen) atoms. The van der Waals surface area contributed by atoms with Crippen LogP contribution in [0.15, 0.2) is 23.4 Å². The van der Waals surface area contributed by atoms with E-state index in [9.17, 15) is 4.91 Å². The van der Waals surface area contributed by atoms with Crippen molar-refractivity contribution in [1.82, 2.24) is 4.98 Å². The summed E-state index contributed by atoms with van der Waals surface area (Å²) in [4.78, 5) is 15.3. The third kappa shape index (κ3) is 2.11. The van der Waals surface area contributed by atoms with Crippen molar-refractivity contribution in [2.24, 2.45) is 5.18 Å². The second-order valence-electron chi connectivity index (χ2n) is 4.22. The van der Waals surface area contributed by atoms with Crippen LogP contribution in [0.1, 0.15) is 11.9 Å². The van der Waals surface area contributed by atoms with Crippen LogP contribution in [0.25, 0.3) is 10.9 Å². The quantitative estimate of drug-likeness (QED) is 0.641. The number of methoxy groups -OCH3 is 1. The number of nitrogens with zero attached hydrogens (tertiary/aromatic N) is 2. The fourth-order valence-electron chi connectivity index (χ4n) is 2.16. The lowest BCUT2D eigenvalue weighted by Crippen LogP contribution is -2.01. The molecule has 0 atom stereocenters. The van der Waals surface area contributed by atoms with E-state index in [1.165, 1.54) is 7.11 Å². The first-order valence-electron chi connectivity index (χ1n) is 5.98. The minimum Gasteiger partial charge on any atom is -0.494 e. The molecule has 7 heteroatoms. The molecular weight excluding hydrogens is 284 g/mol. The van der Waals surface area contributed by atoms with Crippen molar-refractivity contribution in [3.05, 3.63) is 33.8 Å². The molecule has 0 radical (unpaired) electrons. The maximum absolute atomic E-state index is 11.1. The van der Waals surface area contributed by atoms with Crippen LogP contribution in [0.2, 0.25) is 5.15 Å². The zero-order chi connectivity index (χ0) is 14.1. The topological polar surface area (TPSA) is 70.0 Å². The first-order chi connectivity index (χ1) is 9.74. The molecule has 0 bridgehead atoms. The maximum atomic E-state index is 11.1. The van der Waals surface area contributed by atoms with Crippen molar-refractivity contribution in [3.8, 4) is 5.75 Å². The third-order valence-corrected chi connectivity index (χ3v) is 3.40. The van der Waals surface area contributed by atoms with Gasteiger partial charge >= 0.3 is 0 Å². The predicted octanol–water partition coefficient (Wildman–Crippen LogP) is 3.34. The largest absolute Gasteiger partial charge is 0.494 e. The summed E-state index contributed by atoms with van der Waals surface area (Å²) < 4.78 is 15.9. The van der Waals surface area contributed by atoms with E-state index in [1.807, 2.05) is 0 Å². The Balaban J connectivity index is 2.22. The maximum Gasteiger partial charge on any atom is 0.187 e. The molecule has 104 valence electrons. The van der Waals surface area contributed by atoms with Gasteiger partial charge in [-0.25, -0.2) is 4.98 Å². The van der Waals surface area contributed by atoms with Crippen LogP contribution in [0.4, 0.5) is 5.69 Å². The number of fused-ring (bicyclic) bond motifs is 1. The van der Waals surface area contributed by atoms with Crippen molar-refractivity contribution >= 4 is 28.2 Å². The first-order valence-corrected chi connectivity index (χ1v) is 6.36. The Labute approximate surface area is 119 Å². The summed E-state index contributed by atoms with van der Waals surface area (Å²) in [7, 11) is 1.48. The van der Waals surface area contributed by atoms with Crippen LogP contribution < -0.4 is 4.74 Å². The number of benzene rings is 1. The van der Waals surface area contributed by atoms with Crippen molar-refractivity contribution < 1.29 is 14.2 Å². The number of hydrogen-bond donors (Lipinski definition) is 0. The lowest BCUT2D eigenvalue weighted by Gasteiger charge is -2.13. The first kappa shape index (κ1) is 13.2. The zero-order valence-electron chi connectivity index (χ0n) is 10.6. The SMILES string of the molecule is COc1ccc2nc(Cl)c(C3OCCO3)cc2c1N=O. The molecule has 0 spiro atoms. The van der Waals surface area contributed by atoms with Gasteiger partial charge in [-0.15, -0.1) is 4.91 Å². The summed E-state index contributed by atoms with van der Waals surface area (Å²) in [6.07, 6.45) is -0.565. The van der Waals surface area contributed by atoms with Gasteiger partial charge in [-0.05, 0) is 23.4 Å². The number of ether oxygens (including phenoxy) is 3. The van der Waals surface area contributed by atoms with E-state index in [-0.39, 0.29) is 10.8 Å². The van der Waals surface area contributed by atoms with E-state index >= 15 is 0 Å². The number of aromatic nitrogens is 1. The summed E-state index contributed by atoms with van der Waals surface area (Å²) >= 11 is 6.14. The van der Waals surface area contributed by atoms with Gasteiger partial charge in [-0.2, -0.15) is 0 Å². The Morgan fingerprint density at radius 3 is 2.80 bits per heavy atom. The summed E-state index contributed by atoms with van der Waals surface area (Å²) in [5, 5.41) is 3.86. The number of halogens is 1. The fraction of sp³-hybridized carbons (Fsp3) is 0.308. The van der Waals surface area contributed by atoms with Crippen LogP contribution >= 0.6 is 11.6 Å². The Morgan fingerprint density at radius 1 is 1.40 bits per heavy atom. The summed E-state index contributed by atoms with van der Waals surface area (Å²) in [6.45, 7) is 0.992. The molecule has 3 rings (SSSR count). The molecule has 6 nitrogen and oxygen atoms in total. The van der Waals surface area contributed by atoms with Gasteiger partial charge in [0.25, 0.3) is 0 Å². The van der Waals surface area contributed by atoms with E-state index < -0.39 is 6.29 Å². The Bertz CT molecular complexity index is 671. The van der Waals surface area contributed by atoms with Gasteiger partial charge in [-0.1, -0.05) is 11.6 Å². The van der Waals surface area contributed by atoms with Gasteiger partial charge in [0.05, 0.1) is 25.8 Å². The minimum atomic E-state index is -0.565. The van der Waals surface area contributed by atoms with Crippen LogP contribution in [-0.4, -0.2) is 25.3 Å². The Hall–Kier alpha value is -1.76. The van der Waals surface area contributed by atoms with Crippen LogP contribution in [0.5, 0.6) is 5.75 Å². The molecule has 2 aromatic rings. The molecule has 0 unspecified atom stereocenters. The standard InChI is InChI=1S/C13H11ClN2O4/c1-18-10-3-2-9-7(11(10)16-17)6-8(12(14)15-9)13-19-4-5-20-13/h2-3,6,13H,4-5H2,1H3. The molecule has 1 aliphatic heterocycles. The van der Waals surface area contributed by atoms with Gasteiger partial charge in [0.15, 0.2) is 12.0 Å². The molecule has 0 amide bonds. The van der Waals surface area contributed by atoms with E-state index in [4.69, 9.17) is 25.8 Å². The van der Waals surface area contributed by atoms with Crippen molar-refractivity contribution in [2.45, 2.75) is 6.29 Å². The highest BCUT2D eigenvalue weighted by Crippen LogP contribution is 2.38. The normalized spacial score (nSPS) is 15.7. The molecule has 0 N–H and O–H groups in total. The highest BCUT2D eigenvalue weighted by atomic mass is 35.5. The molecule has 2 heterocycles. The summed E-state index contributed by atoms with van der Waals surface area (Å²) in [6, 6.07) is 5.05. The molecular formula is C13H11ClN2O4. The average Bonchev–Trinajstić information content (AvgIpc) is 2.99. The minimum absolute atomic E-state index is 0.188. The van der Waals surface area contributed by atoms with Gasteiger partial charge in [0.1, 0.15) is 10.9 Å². The van der Waals surface area contributed by atoms with E-state index in [2.05, 4.69) is 10.2 Å². The van der Waals surface area contributed by atoms with Crippen molar-refractivity contribution in [2.75, 3.05) is 20.3 Å². The number of pyridine rings is 1. The summed E-state index contributed by atoms with van der Waals surface area (Å²) in [5.74, 6) is 0.385. The second-order valence-corrected chi connectivity index (χ2v) is 4.57. The molecule has 0 saturated carbocycles. The van der Waals surface area contributed by atoms with Crippen LogP contribution in [0, 0.1) is 4.91 Å². The Kier molecular flexibility index (Phi) is 3.52. The second kappa shape index (κ2) is 5.32. The molecule has 1 saturated heterocycles. The predicted molar refractivity (Wildman–Crippen MR) is 73.4 cm³/mol. The van der Waals surface area contributed by atoms with Gasteiger partial charge in [0.2, 0.25) is 0 Å². The van der Waals surface area contributed by atoms with Crippen LogP contribution in [0.3, 0.4) is 0 Å². The lowest BCUT2D eigenvalue weighted by molar-refractivity contribution is -0.0441. The smallest absolute Gasteiger partial charge is 0.187 e. The Morgan fingerprint density at radius 2 is 2.15 bits per heavy atom. The molecule has 1 fully saturated rings. The third-order valence-electron chi connectivity index (χ3n) is 3.10. The van der Waals surface area contributed by atoms with Crippen LogP contribution in [-0.2, 0) is 9.47 Å². The average molecular weight is 295 g/mol. The molecule has 1 aromatic carbocycles. The molecule has 1 aliphatic rings. The van der Waals surface area contributed by atoms with E-state index in [0.29, 0.717) is 35.4 Å². The van der Waals surface area contributed by atoms with Gasteiger partial charge < -0.3 is 14.2 Å². The molecule has 0 aliphatic carbocycles. The number of rotatable bonds is 3. The fourth-order valence-corrected chi connectivity index (χ4v) is 2.40. The monoisotopic (exact) mass is 294 g/mol. The number of hydrogen-bond acceptors (Lipinski definition) is 6.